The molecule has 1 saturated carbocycles. The van der Waals surface area contributed by atoms with Crippen LogP contribution in [0.15, 0.2) is 0 Å². The molecule has 16 heavy (non-hydrogen) atoms. The Hall–Kier alpha value is -0.740. The van der Waals surface area contributed by atoms with E-state index in [9.17, 15) is 9.59 Å². The van der Waals surface area contributed by atoms with Crippen LogP contribution < -0.4 is 11.5 Å². The molecule has 0 saturated heterocycles. The molecule has 0 aromatic heterocycles. The summed E-state index contributed by atoms with van der Waals surface area (Å²) in [6.07, 6.45) is 7.92. The van der Waals surface area contributed by atoms with Crippen LogP contribution in [-0.2, 0) is 9.59 Å². The van der Waals surface area contributed by atoms with Crippen LogP contribution in [0.2, 0.25) is 0 Å². The van der Waals surface area contributed by atoms with Gasteiger partial charge in [-0.25, -0.2) is 0 Å². The second kappa shape index (κ2) is 6.76. The monoisotopic (exact) mass is 225 g/mol. The van der Waals surface area contributed by atoms with E-state index in [2.05, 4.69) is 0 Å². The first-order chi connectivity index (χ1) is 7.65. The zero-order chi connectivity index (χ0) is 12.0. The van der Waals surface area contributed by atoms with E-state index in [1.54, 1.807) is 6.29 Å². The molecule has 0 aromatic carbocycles. The SMILES string of the molecule is NC(CCC[C@H](N)[C]=O)C(=O)C1CCCC1. The Balaban J connectivity index is 2.20. The molecule has 1 rings (SSSR count). The first-order valence-electron chi connectivity index (χ1n) is 6.07. The molecule has 91 valence electrons. The number of ketones is 1. The van der Waals surface area contributed by atoms with Gasteiger partial charge in [0.05, 0.1) is 12.1 Å². The molecular formula is C12H21N2O2. The Bertz CT molecular complexity index is 237. The second-order valence-corrected chi connectivity index (χ2v) is 4.65. The number of rotatable bonds is 7. The van der Waals surface area contributed by atoms with Gasteiger partial charge in [0.25, 0.3) is 0 Å². The summed E-state index contributed by atoms with van der Waals surface area (Å²) < 4.78 is 0. The van der Waals surface area contributed by atoms with Crippen molar-refractivity contribution in [1.29, 1.82) is 0 Å². The van der Waals surface area contributed by atoms with Crippen molar-refractivity contribution in [3.8, 4) is 0 Å². The van der Waals surface area contributed by atoms with Crippen molar-refractivity contribution in [2.24, 2.45) is 17.4 Å². The molecule has 2 atom stereocenters. The largest absolute Gasteiger partial charge is 0.321 e. The topological polar surface area (TPSA) is 86.2 Å². The molecule has 1 radical (unpaired) electrons. The van der Waals surface area contributed by atoms with Crippen LogP contribution in [0.4, 0.5) is 0 Å². The van der Waals surface area contributed by atoms with Gasteiger partial charge in [-0.1, -0.05) is 12.8 Å². The Labute approximate surface area is 96.8 Å². The Morgan fingerprint density at radius 3 is 2.44 bits per heavy atom. The summed E-state index contributed by atoms with van der Waals surface area (Å²) in [4.78, 5) is 22.0. The fourth-order valence-electron chi connectivity index (χ4n) is 2.27. The lowest BCUT2D eigenvalue weighted by Crippen LogP contribution is -2.35. The zero-order valence-corrected chi connectivity index (χ0v) is 9.65. The summed E-state index contributed by atoms with van der Waals surface area (Å²) in [7, 11) is 0. The summed E-state index contributed by atoms with van der Waals surface area (Å²) in [5.74, 6) is 0.377. The van der Waals surface area contributed by atoms with Crippen molar-refractivity contribution in [3.05, 3.63) is 0 Å². The Kier molecular flexibility index (Phi) is 5.63. The summed E-state index contributed by atoms with van der Waals surface area (Å²) in [5.41, 5.74) is 11.2. The molecule has 0 aliphatic heterocycles. The number of carbonyl (C=O) groups excluding carboxylic acids is 2. The van der Waals surface area contributed by atoms with Crippen LogP contribution in [-0.4, -0.2) is 24.2 Å². The van der Waals surface area contributed by atoms with Crippen LogP contribution in [0.1, 0.15) is 44.9 Å². The smallest absolute Gasteiger partial charge is 0.216 e. The van der Waals surface area contributed by atoms with E-state index < -0.39 is 6.04 Å². The van der Waals surface area contributed by atoms with Gasteiger partial charge in [-0.15, -0.1) is 0 Å². The third kappa shape index (κ3) is 4.02. The predicted molar refractivity (Wildman–Crippen MR) is 62.5 cm³/mol. The normalized spacial score (nSPS) is 20.6. The predicted octanol–water partition coefficient (Wildman–Crippen LogP) is 0.680. The molecule has 1 aliphatic carbocycles. The van der Waals surface area contributed by atoms with Gasteiger partial charge in [0, 0.05) is 5.92 Å². The molecular weight excluding hydrogens is 204 g/mol. The van der Waals surface area contributed by atoms with Gasteiger partial charge in [0.2, 0.25) is 6.29 Å². The summed E-state index contributed by atoms with van der Waals surface area (Å²) in [6.45, 7) is 0. The highest BCUT2D eigenvalue weighted by molar-refractivity contribution is 5.86. The minimum atomic E-state index is -0.534. The van der Waals surface area contributed by atoms with Crippen LogP contribution in [0.5, 0.6) is 0 Å². The number of Topliss-reactive ketones (excluding diaryl/α,β-unsaturated/α-hetero) is 1. The van der Waals surface area contributed by atoms with Crippen molar-refractivity contribution in [3.63, 3.8) is 0 Å². The van der Waals surface area contributed by atoms with Crippen molar-refractivity contribution in [2.75, 3.05) is 0 Å². The first-order valence-corrected chi connectivity index (χ1v) is 6.07. The maximum Gasteiger partial charge on any atom is 0.216 e. The average Bonchev–Trinajstić information content (AvgIpc) is 2.81. The third-order valence-electron chi connectivity index (χ3n) is 3.30. The molecule has 0 bridgehead atoms. The van der Waals surface area contributed by atoms with Crippen LogP contribution >= 0.6 is 0 Å². The lowest BCUT2D eigenvalue weighted by Gasteiger charge is -2.15. The van der Waals surface area contributed by atoms with Gasteiger partial charge in [0.1, 0.15) is 0 Å². The molecule has 4 heteroatoms. The number of hydrogen-bond donors (Lipinski definition) is 2. The third-order valence-corrected chi connectivity index (χ3v) is 3.30. The van der Waals surface area contributed by atoms with E-state index in [-0.39, 0.29) is 17.7 Å². The van der Waals surface area contributed by atoms with Gasteiger partial charge < -0.3 is 11.5 Å². The van der Waals surface area contributed by atoms with Crippen LogP contribution in [0.25, 0.3) is 0 Å². The highest BCUT2D eigenvalue weighted by atomic mass is 16.1. The van der Waals surface area contributed by atoms with Gasteiger partial charge in [0.15, 0.2) is 5.78 Å². The van der Waals surface area contributed by atoms with Gasteiger partial charge in [-0.2, -0.15) is 0 Å². The molecule has 0 spiro atoms. The van der Waals surface area contributed by atoms with E-state index >= 15 is 0 Å². The van der Waals surface area contributed by atoms with E-state index in [0.29, 0.717) is 12.8 Å². The fourth-order valence-corrected chi connectivity index (χ4v) is 2.27. The van der Waals surface area contributed by atoms with Crippen LogP contribution in [0.3, 0.4) is 0 Å². The quantitative estimate of drug-likeness (QED) is 0.667. The van der Waals surface area contributed by atoms with E-state index in [1.807, 2.05) is 0 Å². The van der Waals surface area contributed by atoms with Gasteiger partial charge in [-0.05, 0) is 32.1 Å². The number of hydrogen-bond acceptors (Lipinski definition) is 4. The number of nitrogens with two attached hydrogens (primary N) is 2. The molecule has 4 N–H and O–H groups in total. The van der Waals surface area contributed by atoms with E-state index in [4.69, 9.17) is 11.5 Å². The number of carbonyl (C=O) groups is 1. The van der Waals surface area contributed by atoms with Crippen molar-refractivity contribution < 1.29 is 9.59 Å². The molecule has 0 amide bonds. The maximum atomic E-state index is 11.9. The zero-order valence-electron chi connectivity index (χ0n) is 9.65. The minimum absolute atomic E-state index is 0.182. The molecule has 1 unspecified atom stereocenters. The molecule has 0 aromatic rings. The lowest BCUT2D eigenvalue weighted by molar-refractivity contribution is -0.124. The van der Waals surface area contributed by atoms with Crippen molar-refractivity contribution in [1.82, 2.24) is 0 Å². The van der Waals surface area contributed by atoms with Crippen molar-refractivity contribution in [2.45, 2.75) is 57.0 Å². The lowest BCUT2D eigenvalue weighted by atomic mass is 9.93. The Morgan fingerprint density at radius 2 is 1.88 bits per heavy atom. The van der Waals surface area contributed by atoms with E-state index in [1.165, 1.54) is 0 Å². The summed E-state index contributed by atoms with van der Waals surface area (Å²) in [5, 5.41) is 0. The van der Waals surface area contributed by atoms with Gasteiger partial charge in [-0.3, -0.25) is 9.59 Å². The molecule has 1 aliphatic rings. The highest BCUT2D eigenvalue weighted by Gasteiger charge is 2.26. The molecule has 4 nitrogen and oxygen atoms in total. The molecule has 1 fully saturated rings. The Morgan fingerprint density at radius 1 is 1.25 bits per heavy atom. The van der Waals surface area contributed by atoms with Crippen molar-refractivity contribution >= 4 is 12.1 Å². The van der Waals surface area contributed by atoms with Crippen LogP contribution in [0, 0.1) is 5.92 Å². The summed E-state index contributed by atoms with van der Waals surface area (Å²) >= 11 is 0. The minimum Gasteiger partial charge on any atom is -0.321 e. The second-order valence-electron chi connectivity index (χ2n) is 4.65. The maximum absolute atomic E-state index is 11.9. The highest BCUT2D eigenvalue weighted by Crippen LogP contribution is 2.26. The van der Waals surface area contributed by atoms with E-state index in [0.717, 1.165) is 32.1 Å². The van der Waals surface area contributed by atoms with Gasteiger partial charge >= 0.3 is 0 Å². The first kappa shape index (κ1) is 13.3. The average molecular weight is 225 g/mol. The molecule has 0 heterocycles. The summed E-state index contributed by atoms with van der Waals surface area (Å²) in [6, 6.07) is -0.907. The standard InChI is InChI=1S/C12H21N2O2/c13-10(8-15)6-3-7-11(14)12(16)9-4-1-2-5-9/h9-11H,1-7,13-14H2/t10-,11?/m0/s1. The fraction of sp³-hybridized carbons (Fsp3) is 0.833.